The molecule has 57 heavy (non-hydrogen) atoms. The summed E-state index contributed by atoms with van der Waals surface area (Å²) in [5.74, 6) is -3.46. The Hall–Kier alpha value is -7.60. The minimum Gasteiger partial charge on any atom is -0.506 e. The number of nitro benzene ring substituents is 1. The maximum atomic E-state index is 13.0. The fourth-order valence-corrected chi connectivity index (χ4v) is 6.71. The first kappa shape index (κ1) is 39.1. The lowest BCUT2D eigenvalue weighted by atomic mass is 10.1. The Morgan fingerprint density at radius 1 is 0.632 bits per heavy atom. The number of amides is 2. The second-order valence-electron chi connectivity index (χ2n) is 11.7. The quantitative estimate of drug-likeness (QED) is 0.0284. The van der Waals surface area contributed by atoms with Crippen LogP contribution in [0.3, 0.4) is 0 Å². The number of aromatic hydroxyl groups is 3. The van der Waals surface area contributed by atoms with E-state index >= 15 is 0 Å². The van der Waals surface area contributed by atoms with Gasteiger partial charge in [-0.3, -0.25) is 19.2 Å². The lowest BCUT2D eigenvalue weighted by molar-refractivity contribution is -0.384. The lowest BCUT2D eigenvalue weighted by Gasteiger charge is -2.13. The van der Waals surface area contributed by atoms with Crippen LogP contribution >= 0.6 is 0 Å². The minimum absolute atomic E-state index is 0.00130. The van der Waals surface area contributed by atoms with Crippen molar-refractivity contribution >= 4 is 93.6 Å². The summed E-state index contributed by atoms with van der Waals surface area (Å²) < 4.78 is 69.1. The molecule has 0 aliphatic rings. The van der Waals surface area contributed by atoms with Crippen LogP contribution in [-0.4, -0.2) is 63.3 Å². The van der Waals surface area contributed by atoms with E-state index in [1.54, 1.807) is 0 Å². The highest BCUT2D eigenvalue weighted by Gasteiger charge is 2.24. The molecule has 0 fully saturated rings. The van der Waals surface area contributed by atoms with Crippen LogP contribution < -0.4 is 10.6 Å². The summed E-state index contributed by atoms with van der Waals surface area (Å²) >= 11 is 0. The summed E-state index contributed by atoms with van der Waals surface area (Å²) in [5.41, 5.74) is -2.77. The number of urea groups is 1. The van der Waals surface area contributed by atoms with Gasteiger partial charge in [-0.15, -0.1) is 20.5 Å². The maximum absolute atomic E-state index is 13.0. The van der Waals surface area contributed by atoms with E-state index in [1.165, 1.54) is 60.7 Å². The highest BCUT2D eigenvalue weighted by Crippen LogP contribution is 2.44. The van der Waals surface area contributed by atoms with Gasteiger partial charge in [0.1, 0.15) is 38.3 Å². The van der Waals surface area contributed by atoms with E-state index in [-0.39, 0.29) is 44.2 Å². The highest BCUT2D eigenvalue weighted by molar-refractivity contribution is 7.86. The molecule has 290 valence electrons. The largest absolute Gasteiger partial charge is 0.506 e. The number of non-ortho nitro benzene ring substituents is 1. The van der Waals surface area contributed by atoms with Crippen LogP contribution in [0.2, 0.25) is 0 Å². The van der Waals surface area contributed by atoms with Crippen molar-refractivity contribution in [3.05, 3.63) is 107 Å². The third-order valence-corrected chi connectivity index (χ3v) is 9.73. The second kappa shape index (κ2) is 14.9. The number of carbonyl (C=O) groups is 2. The van der Waals surface area contributed by atoms with Crippen molar-refractivity contribution in [3.8, 4) is 17.2 Å². The molecule has 23 heteroatoms. The van der Waals surface area contributed by atoms with Crippen molar-refractivity contribution in [1.29, 1.82) is 0 Å². The summed E-state index contributed by atoms with van der Waals surface area (Å²) in [6.07, 6.45) is 0. The molecule has 0 unspecified atom stereocenters. The Balaban J connectivity index is 1.28. The van der Waals surface area contributed by atoms with E-state index in [2.05, 4.69) is 31.1 Å². The molecule has 0 radical (unpaired) electrons. The zero-order valence-corrected chi connectivity index (χ0v) is 29.8. The minimum atomic E-state index is -5.11. The van der Waals surface area contributed by atoms with Crippen molar-refractivity contribution < 1.29 is 60.9 Å². The number of rotatable bonds is 10. The fraction of sp³-hybridized carbons (Fsp3) is 0. The first-order chi connectivity index (χ1) is 26.8. The van der Waals surface area contributed by atoms with E-state index in [0.717, 1.165) is 30.3 Å². The van der Waals surface area contributed by atoms with E-state index in [1.807, 2.05) is 0 Å². The van der Waals surface area contributed by atoms with E-state index < -0.39 is 86.9 Å². The Kier molecular flexibility index (Phi) is 10.2. The highest BCUT2D eigenvalue weighted by atomic mass is 32.2. The van der Waals surface area contributed by atoms with Gasteiger partial charge in [0.05, 0.1) is 10.5 Å². The first-order valence-electron chi connectivity index (χ1n) is 15.6. The van der Waals surface area contributed by atoms with Gasteiger partial charge in [-0.1, -0.05) is 12.1 Å². The Morgan fingerprint density at radius 2 is 1.12 bits per heavy atom. The molecule has 6 rings (SSSR count). The molecular weight excluding hydrogens is 795 g/mol. The summed E-state index contributed by atoms with van der Waals surface area (Å²) in [6.45, 7) is 0. The lowest BCUT2D eigenvalue weighted by Crippen LogP contribution is -2.19. The molecule has 0 spiro atoms. The van der Waals surface area contributed by atoms with Crippen LogP contribution in [0.4, 0.5) is 44.6 Å². The molecule has 6 aromatic carbocycles. The molecule has 0 aromatic heterocycles. The van der Waals surface area contributed by atoms with Crippen molar-refractivity contribution in [1.82, 2.24) is 0 Å². The topological polar surface area (TPSA) is 340 Å². The molecule has 6 aromatic rings. The van der Waals surface area contributed by atoms with Crippen molar-refractivity contribution in [3.63, 3.8) is 0 Å². The number of aromatic carboxylic acids is 1. The number of phenolic OH excluding ortho intramolecular Hbond substituents is 3. The normalized spacial score (nSPS) is 12.0. The van der Waals surface area contributed by atoms with Gasteiger partial charge in [0.2, 0.25) is 0 Å². The molecular formula is C34H23N7O14S2. The van der Waals surface area contributed by atoms with E-state index in [0.29, 0.717) is 0 Å². The second-order valence-corrected chi connectivity index (χ2v) is 14.5. The molecule has 0 heterocycles. The molecule has 0 aliphatic carbocycles. The van der Waals surface area contributed by atoms with Crippen molar-refractivity contribution in [2.75, 3.05) is 10.6 Å². The number of nitrogens with zero attached hydrogens (tertiary/aromatic N) is 5. The van der Waals surface area contributed by atoms with Gasteiger partial charge in [0.25, 0.3) is 25.9 Å². The Morgan fingerprint density at radius 3 is 1.60 bits per heavy atom. The van der Waals surface area contributed by atoms with Crippen LogP contribution in [0.15, 0.2) is 121 Å². The number of azo groups is 2. The van der Waals surface area contributed by atoms with Crippen molar-refractivity contribution in [2.45, 2.75) is 9.79 Å². The average Bonchev–Trinajstić information content (AvgIpc) is 3.13. The molecule has 0 bridgehead atoms. The first-order valence-corrected chi connectivity index (χ1v) is 18.5. The van der Waals surface area contributed by atoms with Crippen LogP contribution in [0.25, 0.3) is 21.5 Å². The molecule has 0 saturated carbocycles. The zero-order valence-electron chi connectivity index (χ0n) is 28.2. The maximum Gasteiger partial charge on any atom is 0.337 e. The van der Waals surface area contributed by atoms with Gasteiger partial charge in [0.15, 0.2) is 11.5 Å². The van der Waals surface area contributed by atoms with Crippen LogP contribution in [0.1, 0.15) is 10.4 Å². The third kappa shape index (κ3) is 8.25. The molecule has 8 N–H and O–H groups in total. The number of carbonyl (C=O) groups excluding carboxylic acids is 1. The van der Waals surface area contributed by atoms with Gasteiger partial charge in [0, 0.05) is 34.3 Å². The number of nitro groups is 1. The van der Waals surface area contributed by atoms with Gasteiger partial charge in [-0.25, -0.2) is 9.59 Å². The number of phenols is 3. The van der Waals surface area contributed by atoms with Crippen molar-refractivity contribution in [2.24, 2.45) is 20.5 Å². The number of carboxylic acid groups (broad SMARTS) is 1. The number of anilines is 2. The van der Waals surface area contributed by atoms with Gasteiger partial charge < -0.3 is 31.1 Å². The third-order valence-electron chi connectivity index (χ3n) is 7.99. The average molecular weight is 818 g/mol. The summed E-state index contributed by atoms with van der Waals surface area (Å²) in [6, 6.07) is 16.7. The Labute approximate surface area is 318 Å². The molecule has 0 saturated heterocycles. The molecule has 2 amide bonds. The monoisotopic (exact) mass is 817 g/mol. The summed E-state index contributed by atoms with van der Waals surface area (Å²) in [4.78, 5) is 33.0. The fourth-order valence-electron chi connectivity index (χ4n) is 5.39. The number of benzene rings is 6. The van der Waals surface area contributed by atoms with Gasteiger partial charge in [-0.2, -0.15) is 16.8 Å². The van der Waals surface area contributed by atoms with Gasteiger partial charge in [-0.05, 0) is 77.5 Å². The number of fused-ring (bicyclic) bond motifs is 2. The Bertz CT molecular complexity index is 2990. The molecule has 0 atom stereocenters. The van der Waals surface area contributed by atoms with Crippen LogP contribution in [-0.2, 0) is 20.2 Å². The summed E-state index contributed by atoms with van der Waals surface area (Å²) in [7, 11) is -10.2. The number of nitrogens with one attached hydrogen (secondary N) is 2. The zero-order chi connectivity index (χ0) is 41.4. The summed E-state index contributed by atoms with van der Waals surface area (Å²) in [5, 5.41) is 72.1. The molecule has 0 aliphatic heterocycles. The number of hydrogen-bond acceptors (Lipinski definition) is 15. The van der Waals surface area contributed by atoms with Gasteiger partial charge >= 0.3 is 12.0 Å². The standard InChI is InChI=1S/C34H23N7O14S2/c42-26-10-7-20(41(48)49)15-25(26)38-40-30-28(57(53,54)55)14-17-12-19(6-9-22(17)32(30)44)36-34(47)35-18-5-8-21-16(11-18)13-27(56(50,51)52)29(31(21)43)39-37-24-4-2-1-3-23(24)33(45)46/h1-15,42-44H,(H,45,46)(H2,35,36,47)(H,50,51,52)(H,53,54,55). The number of hydrogen-bond donors (Lipinski definition) is 8. The van der Waals surface area contributed by atoms with E-state index in [4.69, 9.17) is 0 Å². The SMILES string of the molecule is O=C(Nc1ccc2c(O)c(N=Nc3cc([N+](=O)[O-])ccc3O)c(S(=O)(=O)O)cc2c1)Nc1ccc2c(O)c(N=Nc3ccccc3C(=O)O)c(S(=O)(=O)O)cc2c1. The van der Waals surface area contributed by atoms with Crippen LogP contribution in [0, 0.1) is 10.1 Å². The predicted octanol–water partition coefficient (Wildman–Crippen LogP) is 7.68. The molecule has 21 nitrogen and oxygen atoms in total. The number of carboxylic acids is 1. The van der Waals surface area contributed by atoms with E-state index in [9.17, 15) is 66.1 Å². The smallest absolute Gasteiger partial charge is 0.337 e. The predicted molar refractivity (Wildman–Crippen MR) is 200 cm³/mol. The van der Waals surface area contributed by atoms with Crippen LogP contribution in [0.5, 0.6) is 17.2 Å².